The summed E-state index contributed by atoms with van der Waals surface area (Å²) in [5.41, 5.74) is -0.614. The van der Waals surface area contributed by atoms with Crippen molar-refractivity contribution in [1.82, 2.24) is 5.32 Å². The van der Waals surface area contributed by atoms with E-state index >= 15 is 0 Å². The maximum atomic E-state index is 13.6. The van der Waals surface area contributed by atoms with E-state index in [0.717, 1.165) is 19.3 Å². The molecule has 24 heavy (non-hydrogen) atoms. The van der Waals surface area contributed by atoms with Gasteiger partial charge in [0.05, 0.1) is 5.41 Å². The molecule has 1 aromatic carbocycles. The highest BCUT2D eigenvalue weighted by molar-refractivity contribution is 5.91. The topological polar surface area (TPSA) is 66.4 Å². The Labute approximate surface area is 138 Å². The molecular formula is C17H20F3NO3. The fourth-order valence-corrected chi connectivity index (χ4v) is 3.28. The summed E-state index contributed by atoms with van der Waals surface area (Å²) in [5.74, 6) is -2.62. The first-order valence-corrected chi connectivity index (χ1v) is 7.93. The third-order valence-corrected chi connectivity index (χ3v) is 4.54. The summed E-state index contributed by atoms with van der Waals surface area (Å²) >= 11 is 0. The number of rotatable bonds is 6. The Morgan fingerprint density at radius 1 is 1.21 bits per heavy atom. The number of hydrogen-bond donors (Lipinski definition) is 2. The van der Waals surface area contributed by atoms with Gasteiger partial charge in [-0.15, -0.1) is 0 Å². The zero-order chi connectivity index (χ0) is 17.7. The molecule has 0 radical (unpaired) electrons. The molecule has 1 aliphatic carbocycles. The number of nitrogens with one attached hydrogen (secondary N) is 1. The second kappa shape index (κ2) is 7.68. The van der Waals surface area contributed by atoms with Crippen molar-refractivity contribution in [3.63, 3.8) is 0 Å². The smallest absolute Gasteiger partial charge is 0.326 e. The predicted octanol–water partition coefficient (Wildman–Crippen LogP) is 3.25. The largest absolute Gasteiger partial charge is 0.480 e. The third kappa shape index (κ3) is 4.07. The molecule has 4 nitrogen and oxygen atoms in total. The highest BCUT2D eigenvalue weighted by Crippen LogP contribution is 2.40. The van der Waals surface area contributed by atoms with E-state index in [1.807, 2.05) is 0 Å². The lowest BCUT2D eigenvalue weighted by atomic mass is 9.68. The highest BCUT2D eigenvalue weighted by atomic mass is 19.3. The minimum absolute atomic E-state index is 0.434. The molecule has 0 aromatic heterocycles. The van der Waals surface area contributed by atoms with Crippen LogP contribution in [-0.4, -0.2) is 29.5 Å². The minimum Gasteiger partial charge on any atom is -0.480 e. The maximum absolute atomic E-state index is 13.6. The second-order valence-corrected chi connectivity index (χ2v) is 6.14. The van der Waals surface area contributed by atoms with Gasteiger partial charge in [-0.3, -0.25) is 4.79 Å². The second-order valence-electron chi connectivity index (χ2n) is 6.14. The standard InChI is InChI=1S/C17H20F3NO3/c18-12-6-4-5-11(9-12)17(7-2-1-3-8-17)16(24)21-13(15(22)23)10-14(19)20/h4-6,9,13-14H,1-3,7-8,10H2,(H,21,24)(H,22,23). The molecule has 0 spiro atoms. The molecule has 1 aliphatic rings. The number of alkyl halides is 2. The molecule has 1 aromatic rings. The van der Waals surface area contributed by atoms with Crippen molar-refractivity contribution in [3.8, 4) is 0 Å². The Morgan fingerprint density at radius 2 is 1.88 bits per heavy atom. The molecule has 2 rings (SSSR count). The van der Waals surface area contributed by atoms with E-state index in [9.17, 15) is 22.8 Å². The van der Waals surface area contributed by atoms with Gasteiger partial charge in [0.15, 0.2) is 0 Å². The number of halogens is 3. The van der Waals surface area contributed by atoms with Crippen molar-refractivity contribution >= 4 is 11.9 Å². The SMILES string of the molecule is O=C(O)C(CC(F)F)NC(=O)C1(c2cccc(F)c2)CCCCC1. The minimum atomic E-state index is -2.84. The molecule has 1 atom stereocenters. The van der Waals surface area contributed by atoms with E-state index in [1.54, 1.807) is 6.07 Å². The maximum Gasteiger partial charge on any atom is 0.326 e. The van der Waals surface area contributed by atoms with Crippen molar-refractivity contribution < 1.29 is 27.9 Å². The average Bonchev–Trinajstić information content (AvgIpc) is 2.54. The van der Waals surface area contributed by atoms with Crippen molar-refractivity contribution in [1.29, 1.82) is 0 Å². The fraction of sp³-hybridized carbons (Fsp3) is 0.529. The number of aliphatic carboxylic acids is 1. The summed E-state index contributed by atoms with van der Waals surface area (Å²) in [4.78, 5) is 23.9. The van der Waals surface area contributed by atoms with Crippen LogP contribution in [0.3, 0.4) is 0 Å². The fourth-order valence-electron chi connectivity index (χ4n) is 3.28. The molecule has 1 amide bonds. The van der Waals surface area contributed by atoms with Crippen LogP contribution in [-0.2, 0) is 15.0 Å². The van der Waals surface area contributed by atoms with Crippen LogP contribution in [0.1, 0.15) is 44.1 Å². The van der Waals surface area contributed by atoms with Crippen LogP contribution in [0, 0.1) is 5.82 Å². The Hall–Kier alpha value is -2.05. The first-order valence-electron chi connectivity index (χ1n) is 7.93. The van der Waals surface area contributed by atoms with E-state index in [0.29, 0.717) is 18.4 Å². The average molecular weight is 343 g/mol. The molecule has 0 aliphatic heterocycles. The Morgan fingerprint density at radius 3 is 2.42 bits per heavy atom. The molecular weight excluding hydrogens is 323 g/mol. The van der Waals surface area contributed by atoms with Gasteiger partial charge in [0, 0.05) is 6.42 Å². The van der Waals surface area contributed by atoms with Crippen LogP contribution in [0.4, 0.5) is 13.2 Å². The molecule has 1 unspecified atom stereocenters. The zero-order valence-corrected chi connectivity index (χ0v) is 13.1. The Kier molecular flexibility index (Phi) is 5.85. The first-order chi connectivity index (χ1) is 11.3. The Bertz CT molecular complexity index is 600. The summed E-state index contributed by atoms with van der Waals surface area (Å²) in [6, 6.07) is 3.96. The lowest BCUT2D eigenvalue weighted by molar-refractivity contribution is -0.144. The summed E-state index contributed by atoms with van der Waals surface area (Å²) in [6.45, 7) is 0. The molecule has 0 saturated heterocycles. The summed E-state index contributed by atoms with van der Waals surface area (Å²) in [7, 11) is 0. The van der Waals surface area contributed by atoms with E-state index in [4.69, 9.17) is 5.11 Å². The summed E-state index contributed by atoms with van der Waals surface area (Å²) in [6.07, 6.45) is -0.549. The van der Waals surface area contributed by atoms with Gasteiger partial charge in [-0.2, -0.15) is 0 Å². The van der Waals surface area contributed by atoms with Crippen LogP contribution < -0.4 is 5.32 Å². The van der Waals surface area contributed by atoms with E-state index in [1.165, 1.54) is 18.2 Å². The van der Waals surface area contributed by atoms with Gasteiger partial charge in [0.1, 0.15) is 11.9 Å². The Balaban J connectivity index is 2.30. The van der Waals surface area contributed by atoms with Gasteiger partial charge >= 0.3 is 5.97 Å². The molecule has 1 fully saturated rings. The highest BCUT2D eigenvalue weighted by Gasteiger charge is 2.42. The van der Waals surface area contributed by atoms with Gasteiger partial charge in [-0.1, -0.05) is 31.4 Å². The molecule has 0 bridgehead atoms. The summed E-state index contributed by atoms with van der Waals surface area (Å²) < 4.78 is 38.7. The van der Waals surface area contributed by atoms with Crippen molar-refractivity contribution in [2.24, 2.45) is 0 Å². The molecule has 132 valence electrons. The predicted molar refractivity (Wildman–Crippen MR) is 81.4 cm³/mol. The third-order valence-electron chi connectivity index (χ3n) is 4.54. The van der Waals surface area contributed by atoms with Crippen molar-refractivity contribution in [2.75, 3.05) is 0 Å². The van der Waals surface area contributed by atoms with Gasteiger partial charge in [0.2, 0.25) is 12.3 Å². The number of carbonyl (C=O) groups excluding carboxylic acids is 1. The number of benzene rings is 1. The molecule has 2 N–H and O–H groups in total. The van der Waals surface area contributed by atoms with Gasteiger partial charge < -0.3 is 10.4 Å². The van der Waals surface area contributed by atoms with Gasteiger partial charge in [-0.05, 0) is 30.5 Å². The normalized spacial score (nSPS) is 18.2. The quantitative estimate of drug-likeness (QED) is 0.833. The number of amides is 1. The van der Waals surface area contributed by atoms with E-state index < -0.39 is 42.0 Å². The number of carboxylic acids is 1. The molecule has 7 heteroatoms. The lowest BCUT2D eigenvalue weighted by Crippen LogP contribution is -2.52. The van der Waals surface area contributed by atoms with Crippen LogP contribution in [0.2, 0.25) is 0 Å². The summed E-state index contributed by atoms with van der Waals surface area (Å²) in [5, 5.41) is 11.3. The van der Waals surface area contributed by atoms with Crippen LogP contribution in [0.15, 0.2) is 24.3 Å². The number of carbonyl (C=O) groups is 2. The lowest BCUT2D eigenvalue weighted by Gasteiger charge is -2.37. The zero-order valence-electron chi connectivity index (χ0n) is 13.1. The van der Waals surface area contributed by atoms with Gasteiger partial charge in [-0.25, -0.2) is 18.0 Å². The van der Waals surface area contributed by atoms with Crippen LogP contribution >= 0.6 is 0 Å². The number of hydrogen-bond acceptors (Lipinski definition) is 2. The molecule has 1 saturated carbocycles. The van der Waals surface area contributed by atoms with Gasteiger partial charge in [0.25, 0.3) is 0 Å². The number of carboxylic acid groups (broad SMARTS) is 1. The first kappa shape index (κ1) is 18.3. The van der Waals surface area contributed by atoms with Crippen LogP contribution in [0.25, 0.3) is 0 Å². The van der Waals surface area contributed by atoms with E-state index in [2.05, 4.69) is 5.32 Å². The van der Waals surface area contributed by atoms with Crippen molar-refractivity contribution in [3.05, 3.63) is 35.6 Å². The van der Waals surface area contributed by atoms with Crippen molar-refractivity contribution in [2.45, 2.75) is 56.4 Å². The molecule has 0 heterocycles. The van der Waals surface area contributed by atoms with E-state index in [-0.39, 0.29) is 0 Å². The monoisotopic (exact) mass is 343 g/mol. The van der Waals surface area contributed by atoms with Crippen LogP contribution in [0.5, 0.6) is 0 Å².